The molecule has 4 nitrogen and oxygen atoms in total. The van der Waals surface area contributed by atoms with Crippen LogP contribution in [0, 0.1) is 10.8 Å². The summed E-state index contributed by atoms with van der Waals surface area (Å²) in [4.78, 5) is 9.74. The van der Waals surface area contributed by atoms with Crippen molar-refractivity contribution in [3.8, 4) is 0 Å². The van der Waals surface area contributed by atoms with Gasteiger partial charge in [0.25, 0.3) is 0 Å². The van der Waals surface area contributed by atoms with Crippen LogP contribution in [0.15, 0.2) is 11.1 Å². The third-order valence-corrected chi connectivity index (χ3v) is 1.00. The van der Waals surface area contributed by atoms with Crippen molar-refractivity contribution in [3.05, 3.63) is 11.1 Å². The van der Waals surface area contributed by atoms with Gasteiger partial charge in [-0.05, 0) is 0 Å². The zero-order chi connectivity index (χ0) is 8.15. The van der Waals surface area contributed by atoms with E-state index in [4.69, 9.17) is 34.0 Å². The van der Waals surface area contributed by atoms with Crippen LogP contribution in [-0.2, 0) is 4.79 Å². The molecule has 62 valence electrons. The van der Waals surface area contributed by atoms with E-state index in [1.165, 1.54) is 6.29 Å². The van der Waals surface area contributed by atoms with Crippen LogP contribution in [0.3, 0.4) is 0 Å². The van der Waals surface area contributed by atoms with E-state index in [9.17, 15) is 4.79 Å². The molecular formula is C5H4Cl2LiN2O2-. The number of rotatable bonds is 3. The van der Waals surface area contributed by atoms with Crippen LogP contribution >= 0.6 is 23.2 Å². The van der Waals surface area contributed by atoms with Gasteiger partial charge in [0.1, 0.15) is 5.17 Å². The predicted molar refractivity (Wildman–Crippen MR) is 42.9 cm³/mol. The molecule has 0 amide bonds. The van der Waals surface area contributed by atoms with E-state index in [2.05, 4.69) is 0 Å². The summed E-state index contributed by atoms with van der Waals surface area (Å²) in [5.74, 6) is 0. The molecule has 0 saturated heterocycles. The summed E-state index contributed by atoms with van der Waals surface area (Å²) in [5, 5.41) is 12.9. The maximum atomic E-state index is 9.74. The van der Waals surface area contributed by atoms with Gasteiger partial charge < -0.3 is 15.7 Å². The Morgan fingerprint density at radius 3 is 2.00 bits per heavy atom. The summed E-state index contributed by atoms with van der Waals surface area (Å²) in [7, 11) is 0. The molecule has 0 atom stereocenters. The standard InChI is InChI=1S/C5H3Cl2N2O.Li.H2O/c6-3(1-5(7)9)4(8)2-10;;/h1,8-9H;;1H2/q-1;+1;/p-1/b3-1+,8-4?,9-5?;;. The molecule has 0 spiro atoms. The number of hydrogen-bond donors (Lipinski definition) is 2. The van der Waals surface area contributed by atoms with Gasteiger partial charge >= 0.3 is 18.9 Å². The Kier molecular flexibility index (Phi) is 13.3. The molecule has 0 heterocycles. The van der Waals surface area contributed by atoms with Gasteiger partial charge in [-0.15, -0.1) is 0 Å². The molecule has 0 bridgehead atoms. The molecule has 0 saturated carbocycles. The minimum atomic E-state index is -0.507. The van der Waals surface area contributed by atoms with Gasteiger partial charge in [0.2, 0.25) is 0 Å². The van der Waals surface area contributed by atoms with Crippen LogP contribution in [0.25, 0.3) is 0 Å². The minimum Gasteiger partial charge on any atom is -0.870 e. The number of nitrogens with one attached hydrogen (secondary N) is 2. The van der Waals surface area contributed by atoms with Crippen molar-refractivity contribution in [2.75, 3.05) is 0 Å². The first kappa shape index (κ1) is 17.8. The predicted octanol–water partition coefficient (Wildman–Crippen LogP) is -1.72. The fourth-order valence-corrected chi connectivity index (χ4v) is 0.545. The summed E-state index contributed by atoms with van der Waals surface area (Å²) in [6, 6.07) is 0. The van der Waals surface area contributed by atoms with Gasteiger partial charge in [-0.2, -0.15) is 0 Å². The summed E-state index contributed by atoms with van der Waals surface area (Å²) in [5.41, 5.74) is -0.507. The average Bonchev–Trinajstić information content (AvgIpc) is 1.85. The maximum Gasteiger partial charge on any atom is 1.00 e. The first-order valence-electron chi connectivity index (χ1n) is 2.16. The summed E-state index contributed by atoms with van der Waals surface area (Å²) in [6.45, 7) is 0. The Balaban J connectivity index is -0.000000405. The van der Waals surface area contributed by atoms with Crippen LogP contribution in [0.1, 0.15) is 0 Å². The van der Waals surface area contributed by atoms with E-state index < -0.39 is 5.71 Å². The van der Waals surface area contributed by atoms with Crippen LogP contribution in [0.5, 0.6) is 0 Å². The number of allylic oxidation sites excluding steroid dienone is 2. The molecular weight excluding hydrogens is 198 g/mol. The van der Waals surface area contributed by atoms with Gasteiger partial charge in [-0.3, -0.25) is 5.41 Å². The largest absolute Gasteiger partial charge is 1.00 e. The van der Waals surface area contributed by atoms with Crippen molar-refractivity contribution in [2.24, 2.45) is 0 Å². The molecule has 0 aromatic heterocycles. The first-order valence-corrected chi connectivity index (χ1v) is 2.92. The van der Waals surface area contributed by atoms with Crippen LogP contribution in [0.4, 0.5) is 0 Å². The van der Waals surface area contributed by atoms with Crippen molar-refractivity contribution < 1.29 is 29.1 Å². The zero-order valence-corrected chi connectivity index (χ0v) is 7.70. The van der Waals surface area contributed by atoms with Gasteiger partial charge in [0.05, 0.1) is 0 Å². The normalized spacial score (nSPS) is 9.00. The van der Waals surface area contributed by atoms with Crippen molar-refractivity contribution in [2.45, 2.75) is 0 Å². The van der Waals surface area contributed by atoms with Gasteiger partial charge in [0, 0.05) is 6.29 Å². The fourth-order valence-electron chi connectivity index (χ4n) is 0.232. The monoisotopic (exact) mass is 201 g/mol. The van der Waals surface area contributed by atoms with Crippen LogP contribution < -0.4 is 18.9 Å². The van der Waals surface area contributed by atoms with E-state index in [1.54, 1.807) is 0 Å². The Bertz CT molecular complexity index is 217. The Hall–Kier alpha value is -0.113. The Labute approximate surface area is 91.4 Å². The third-order valence-electron chi connectivity index (χ3n) is 0.594. The molecule has 0 aromatic rings. The van der Waals surface area contributed by atoms with E-state index in [0.29, 0.717) is 0 Å². The topological polar surface area (TPSA) is 94.8 Å². The second kappa shape index (κ2) is 8.98. The quantitative estimate of drug-likeness (QED) is 0.323. The number of halogens is 2. The molecule has 12 heavy (non-hydrogen) atoms. The van der Waals surface area contributed by atoms with E-state index in [1.807, 2.05) is 0 Å². The van der Waals surface area contributed by atoms with E-state index >= 15 is 0 Å². The summed E-state index contributed by atoms with van der Waals surface area (Å²) in [6.07, 6.45) is 2.23. The van der Waals surface area contributed by atoms with Crippen LogP contribution in [-0.4, -0.2) is 22.6 Å². The summed E-state index contributed by atoms with van der Waals surface area (Å²) < 4.78 is 0. The molecule has 0 aliphatic heterocycles. The molecule has 3 N–H and O–H groups in total. The van der Waals surface area contributed by atoms with Crippen molar-refractivity contribution in [1.29, 1.82) is 10.8 Å². The second-order valence-corrected chi connectivity index (χ2v) is 2.13. The van der Waals surface area contributed by atoms with Gasteiger partial charge in [0.15, 0.2) is 0 Å². The fraction of sp³-hybridized carbons (Fsp3) is 0. The molecule has 0 fully saturated rings. The van der Waals surface area contributed by atoms with Crippen LogP contribution in [0.2, 0.25) is 0 Å². The molecule has 7 heteroatoms. The zero-order valence-electron chi connectivity index (χ0n) is 6.19. The first-order chi connectivity index (χ1) is 4.57. The Morgan fingerprint density at radius 2 is 1.75 bits per heavy atom. The summed E-state index contributed by atoms with van der Waals surface area (Å²) >= 11 is 10.3. The van der Waals surface area contributed by atoms with Crippen molar-refractivity contribution in [3.63, 3.8) is 0 Å². The van der Waals surface area contributed by atoms with Crippen molar-refractivity contribution >= 4 is 40.4 Å². The number of hydrogen-bond acceptors (Lipinski definition) is 4. The smallest absolute Gasteiger partial charge is 0.870 e. The second-order valence-electron chi connectivity index (χ2n) is 1.32. The molecule has 0 aliphatic carbocycles. The SMILES string of the molecule is N=C(Cl)/C=C(/Cl)C(=N)[C-]=O.[Li+].[OH-]. The van der Waals surface area contributed by atoms with Gasteiger partial charge in [-0.25, -0.2) is 11.6 Å². The molecule has 0 aromatic carbocycles. The Morgan fingerprint density at radius 1 is 1.33 bits per heavy atom. The molecule has 0 unspecified atom stereocenters. The molecule has 0 radical (unpaired) electrons. The third kappa shape index (κ3) is 7.99. The molecule has 0 aliphatic rings. The minimum absolute atomic E-state index is 0. The maximum absolute atomic E-state index is 9.74. The average molecular weight is 202 g/mol. The van der Waals surface area contributed by atoms with E-state index in [0.717, 1.165) is 6.08 Å². The van der Waals surface area contributed by atoms with E-state index in [-0.39, 0.29) is 34.5 Å². The molecule has 0 rings (SSSR count). The van der Waals surface area contributed by atoms with Crippen molar-refractivity contribution in [1.82, 2.24) is 0 Å². The van der Waals surface area contributed by atoms with Gasteiger partial charge in [-0.1, -0.05) is 28.4 Å². The number of carbonyl (C=O) groups excluding carboxylic acids is 1.